The fraction of sp³-hybridized carbons (Fsp3) is 0.276. The zero-order valence-electron chi connectivity index (χ0n) is 21.2. The first-order valence-corrected chi connectivity index (χ1v) is 12.6. The lowest BCUT2D eigenvalue weighted by atomic mass is 10.0. The summed E-state index contributed by atoms with van der Waals surface area (Å²) < 4.78 is 7.37. The van der Waals surface area contributed by atoms with E-state index in [9.17, 15) is 10.1 Å². The smallest absolute Gasteiger partial charge is 0.406 e. The second-order valence-electron chi connectivity index (χ2n) is 9.11. The number of aryl methyl sites for hydroxylation is 1. The van der Waals surface area contributed by atoms with Crippen LogP contribution in [-0.4, -0.2) is 47.8 Å². The Morgan fingerprint density at radius 1 is 0.892 bits per heavy atom. The molecule has 0 radical (unpaired) electrons. The molecule has 0 unspecified atom stereocenters. The zero-order valence-corrected chi connectivity index (χ0v) is 21.2. The van der Waals surface area contributed by atoms with Gasteiger partial charge in [-0.1, -0.05) is 61.5 Å². The van der Waals surface area contributed by atoms with E-state index in [1.165, 1.54) is 0 Å². The van der Waals surface area contributed by atoms with E-state index in [1.54, 1.807) is 7.11 Å². The average molecular weight is 498 g/mol. The summed E-state index contributed by atoms with van der Waals surface area (Å²) in [7, 11) is 1.67. The summed E-state index contributed by atoms with van der Waals surface area (Å²) in [6.07, 6.45) is 0.632. The minimum atomic E-state index is -0.348. The molecule has 3 aromatic carbocycles. The highest BCUT2D eigenvalue weighted by Crippen LogP contribution is 2.32. The highest BCUT2D eigenvalue weighted by Gasteiger charge is 2.32. The molecule has 0 atom stereocenters. The Balaban J connectivity index is 1.34. The fourth-order valence-corrected chi connectivity index (χ4v) is 4.96. The van der Waals surface area contributed by atoms with E-state index in [1.807, 2.05) is 60.0 Å². The molecule has 1 aliphatic rings. The molecule has 1 aliphatic heterocycles. The van der Waals surface area contributed by atoms with Crippen LogP contribution in [0.25, 0.3) is 11.1 Å². The predicted octanol–water partition coefficient (Wildman–Crippen LogP) is 5.40. The van der Waals surface area contributed by atoms with Gasteiger partial charge in [0.15, 0.2) is 0 Å². The van der Waals surface area contributed by atoms with E-state index in [0.29, 0.717) is 31.9 Å². The number of anilines is 2. The van der Waals surface area contributed by atoms with Crippen LogP contribution in [-0.2, 0) is 13.0 Å². The zero-order chi connectivity index (χ0) is 25.8. The largest absolute Gasteiger partial charge is 0.497 e. The molecule has 190 valence electrons. The van der Waals surface area contributed by atoms with E-state index in [2.05, 4.69) is 45.1 Å². The van der Waals surface area contributed by atoms with Crippen molar-refractivity contribution in [3.63, 3.8) is 0 Å². The first kappa shape index (κ1) is 24.4. The van der Waals surface area contributed by atoms with Gasteiger partial charge in [-0.05, 0) is 50.9 Å². The molecule has 0 saturated carbocycles. The van der Waals surface area contributed by atoms with Crippen LogP contribution in [0.3, 0.4) is 0 Å². The number of rotatable bonds is 8. The Labute approximate surface area is 216 Å². The van der Waals surface area contributed by atoms with Crippen molar-refractivity contribution in [2.45, 2.75) is 19.9 Å². The third-order valence-corrected chi connectivity index (χ3v) is 6.89. The van der Waals surface area contributed by atoms with Crippen LogP contribution in [0.4, 0.5) is 17.3 Å². The molecule has 1 aromatic heterocycles. The molecule has 1 fully saturated rings. The van der Waals surface area contributed by atoms with Crippen molar-refractivity contribution < 1.29 is 9.66 Å². The van der Waals surface area contributed by atoms with E-state index in [4.69, 9.17) is 4.74 Å². The van der Waals surface area contributed by atoms with Crippen molar-refractivity contribution in [1.29, 1.82) is 0 Å². The Kier molecular flexibility index (Phi) is 7.07. The van der Waals surface area contributed by atoms with E-state index < -0.39 is 0 Å². The van der Waals surface area contributed by atoms with Crippen molar-refractivity contribution in [1.82, 2.24) is 9.55 Å². The molecule has 1 saturated heterocycles. The van der Waals surface area contributed by atoms with Gasteiger partial charge >= 0.3 is 5.82 Å². The lowest BCUT2D eigenvalue weighted by molar-refractivity contribution is -0.388. The highest BCUT2D eigenvalue weighted by molar-refractivity contribution is 5.68. The number of nitrogens with zero attached hydrogens (tertiary/aromatic N) is 5. The molecule has 8 nitrogen and oxygen atoms in total. The molecule has 2 heterocycles. The van der Waals surface area contributed by atoms with E-state index in [0.717, 1.165) is 47.0 Å². The molecule has 0 spiro atoms. The molecule has 0 N–H and O–H groups in total. The van der Waals surface area contributed by atoms with Gasteiger partial charge in [0.2, 0.25) is 11.6 Å². The number of ether oxygens (including phenoxy) is 1. The van der Waals surface area contributed by atoms with Gasteiger partial charge in [0.1, 0.15) is 5.75 Å². The summed E-state index contributed by atoms with van der Waals surface area (Å²) in [5, 5.41) is 12.0. The number of hydrogen-bond donors (Lipinski definition) is 0. The number of methoxy groups -OCH3 is 1. The molecular weight excluding hydrogens is 466 g/mol. The van der Waals surface area contributed by atoms with Crippen LogP contribution < -0.4 is 14.5 Å². The standard InChI is InChI=1S/C29H31N5O3/c1-3-27-30-28(34(35)36)29(33(27)21-22-8-5-4-6-9-22)32-18-16-31(17-19-32)25-14-12-23(13-15-25)24-10-7-11-26(20-24)37-2/h4-15,20H,3,16-19,21H2,1-2H3. The van der Waals surface area contributed by atoms with Gasteiger partial charge in [-0.25, -0.2) is 0 Å². The topological polar surface area (TPSA) is 76.7 Å². The van der Waals surface area contributed by atoms with Gasteiger partial charge in [-0.2, -0.15) is 0 Å². The van der Waals surface area contributed by atoms with Crippen molar-refractivity contribution in [2.24, 2.45) is 0 Å². The number of nitro groups is 1. The third kappa shape index (κ3) is 5.14. The Morgan fingerprint density at radius 3 is 2.24 bits per heavy atom. The molecule has 0 aliphatic carbocycles. The van der Waals surface area contributed by atoms with Crippen molar-refractivity contribution in [3.05, 3.63) is 100 Å². The summed E-state index contributed by atoms with van der Waals surface area (Å²) >= 11 is 0. The number of benzene rings is 3. The number of hydrogen-bond acceptors (Lipinski definition) is 6. The predicted molar refractivity (Wildman–Crippen MR) is 147 cm³/mol. The van der Waals surface area contributed by atoms with Gasteiger partial charge < -0.3 is 24.7 Å². The van der Waals surface area contributed by atoms with Crippen LogP contribution in [0, 0.1) is 10.1 Å². The molecule has 0 amide bonds. The molecule has 8 heteroatoms. The highest BCUT2D eigenvalue weighted by atomic mass is 16.6. The molecular formula is C29H31N5O3. The number of imidazole rings is 1. The quantitative estimate of drug-likeness (QED) is 0.240. The molecule has 5 rings (SSSR count). The van der Waals surface area contributed by atoms with Gasteiger partial charge in [-0.3, -0.25) is 4.57 Å². The van der Waals surface area contributed by atoms with E-state index in [-0.39, 0.29) is 10.7 Å². The minimum absolute atomic E-state index is 0.0520. The van der Waals surface area contributed by atoms with Crippen LogP contribution in [0.5, 0.6) is 5.75 Å². The SMILES string of the molecule is CCc1nc([N+](=O)[O-])c(N2CCN(c3ccc(-c4cccc(OC)c4)cc3)CC2)n1Cc1ccccc1. The third-order valence-electron chi connectivity index (χ3n) is 6.89. The summed E-state index contributed by atoms with van der Waals surface area (Å²) in [4.78, 5) is 20.5. The van der Waals surface area contributed by atoms with Crippen LogP contribution in [0.2, 0.25) is 0 Å². The second kappa shape index (κ2) is 10.7. The first-order valence-electron chi connectivity index (χ1n) is 12.6. The normalized spacial score (nSPS) is 13.6. The van der Waals surface area contributed by atoms with Crippen LogP contribution in [0.1, 0.15) is 18.3 Å². The Bertz CT molecular complexity index is 1360. The summed E-state index contributed by atoms with van der Waals surface area (Å²) in [5.41, 5.74) is 4.49. The summed E-state index contributed by atoms with van der Waals surface area (Å²) in [6.45, 7) is 5.46. The van der Waals surface area contributed by atoms with Crippen molar-refractivity contribution in [2.75, 3.05) is 43.1 Å². The van der Waals surface area contributed by atoms with Gasteiger partial charge in [-0.15, -0.1) is 0 Å². The van der Waals surface area contributed by atoms with Crippen molar-refractivity contribution >= 4 is 17.3 Å². The Morgan fingerprint density at radius 2 is 1.59 bits per heavy atom. The molecule has 0 bridgehead atoms. The number of piperazine rings is 1. The summed E-state index contributed by atoms with van der Waals surface area (Å²) in [6, 6.07) is 26.6. The molecule has 4 aromatic rings. The monoisotopic (exact) mass is 497 g/mol. The van der Waals surface area contributed by atoms with Gasteiger partial charge in [0.05, 0.1) is 13.7 Å². The van der Waals surface area contributed by atoms with Crippen LogP contribution in [0.15, 0.2) is 78.9 Å². The van der Waals surface area contributed by atoms with Crippen LogP contribution >= 0.6 is 0 Å². The van der Waals surface area contributed by atoms with Crippen molar-refractivity contribution in [3.8, 4) is 16.9 Å². The second-order valence-corrected chi connectivity index (χ2v) is 9.11. The first-order chi connectivity index (χ1) is 18.1. The summed E-state index contributed by atoms with van der Waals surface area (Å²) in [5.74, 6) is 2.13. The van der Waals surface area contributed by atoms with E-state index >= 15 is 0 Å². The average Bonchev–Trinajstić information content (AvgIpc) is 3.32. The maximum Gasteiger partial charge on any atom is 0.406 e. The lowest BCUT2D eigenvalue weighted by Crippen LogP contribution is -2.47. The maximum absolute atomic E-state index is 12.0. The van der Waals surface area contributed by atoms with Gasteiger partial charge in [0.25, 0.3) is 0 Å². The van der Waals surface area contributed by atoms with Gasteiger partial charge in [0, 0.05) is 38.3 Å². The Hall–Kier alpha value is -4.33. The number of aromatic nitrogens is 2. The minimum Gasteiger partial charge on any atom is -0.497 e. The lowest BCUT2D eigenvalue weighted by Gasteiger charge is -2.37. The maximum atomic E-state index is 12.0. The fourth-order valence-electron chi connectivity index (χ4n) is 4.96. The molecule has 37 heavy (non-hydrogen) atoms.